The van der Waals surface area contributed by atoms with Gasteiger partial charge in [-0.3, -0.25) is 9.36 Å². The number of phosphoric acid groups is 1. The molecule has 3 atom stereocenters. The van der Waals surface area contributed by atoms with Gasteiger partial charge in [-0.25, -0.2) is 0 Å². The molecule has 0 aliphatic carbocycles. The molecule has 0 rings (SSSR count). The third-order valence-electron chi connectivity index (χ3n) is 15.0. The van der Waals surface area contributed by atoms with E-state index in [0.717, 1.165) is 77.0 Å². The van der Waals surface area contributed by atoms with Crippen LogP contribution in [0.2, 0.25) is 0 Å². The maximum atomic E-state index is 13.0. The van der Waals surface area contributed by atoms with Gasteiger partial charge in [-0.05, 0) is 64.2 Å². The zero-order valence-electron chi connectivity index (χ0n) is 52.1. The number of rotatable bonds is 61. The van der Waals surface area contributed by atoms with Crippen molar-refractivity contribution in [3.05, 3.63) is 72.9 Å². The van der Waals surface area contributed by atoms with E-state index >= 15 is 0 Å². The van der Waals surface area contributed by atoms with Gasteiger partial charge in [0.15, 0.2) is 0 Å². The summed E-state index contributed by atoms with van der Waals surface area (Å²) in [7, 11) is 1.31. The highest BCUT2D eigenvalue weighted by molar-refractivity contribution is 7.45. The first-order valence-electron chi connectivity index (χ1n) is 33.3. The van der Waals surface area contributed by atoms with E-state index in [1.165, 1.54) is 205 Å². The first-order valence-corrected chi connectivity index (χ1v) is 34.7. The van der Waals surface area contributed by atoms with E-state index in [2.05, 4.69) is 92.1 Å². The molecule has 0 bridgehead atoms. The van der Waals surface area contributed by atoms with Crippen LogP contribution < -0.4 is 10.2 Å². The second-order valence-electron chi connectivity index (χ2n) is 23.8. The molecule has 0 spiro atoms. The Hall–Kier alpha value is -2.06. The number of nitrogens with zero attached hydrogens (tertiary/aromatic N) is 1. The molecule has 0 saturated heterocycles. The number of hydrogen-bond donors (Lipinski definition) is 2. The zero-order valence-corrected chi connectivity index (χ0v) is 53.0. The van der Waals surface area contributed by atoms with E-state index in [9.17, 15) is 19.4 Å². The lowest BCUT2D eigenvalue weighted by Crippen LogP contribution is -2.46. The third kappa shape index (κ3) is 61.6. The molecule has 0 aliphatic heterocycles. The van der Waals surface area contributed by atoms with Gasteiger partial charge in [0.1, 0.15) is 13.2 Å². The van der Waals surface area contributed by atoms with E-state index in [4.69, 9.17) is 9.05 Å². The lowest BCUT2D eigenvalue weighted by Gasteiger charge is -2.30. The Kier molecular flexibility index (Phi) is 58.0. The van der Waals surface area contributed by atoms with Crippen molar-refractivity contribution >= 4 is 13.7 Å². The number of aliphatic hydroxyl groups is 1. The van der Waals surface area contributed by atoms with Crippen molar-refractivity contribution < 1.29 is 32.9 Å². The Morgan fingerprint density at radius 2 is 0.782 bits per heavy atom. The molecule has 78 heavy (non-hydrogen) atoms. The topological polar surface area (TPSA) is 108 Å². The molecule has 8 nitrogen and oxygen atoms in total. The number of aliphatic hydroxyl groups excluding tert-OH is 1. The van der Waals surface area contributed by atoms with Crippen LogP contribution in [0.3, 0.4) is 0 Å². The minimum Gasteiger partial charge on any atom is -0.756 e. The van der Waals surface area contributed by atoms with E-state index in [-0.39, 0.29) is 19.1 Å². The molecule has 0 aromatic rings. The fourth-order valence-electron chi connectivity index (χ4n) is 9.81. The van der Waals surface area contributed by atoms with Crippen molar-refractivity contribution in [3.8, 4) is 0 Å². The molecule has 1 amide bonds. The Labute approximate surface area is 484 Å². The van der Waals surface area contributed by atoms with Crippen LogP contribution in [-0.2, 0) is 18.4 Å². The quantitative estimate of drug-likeness (QED) is 0.0272. The number of allylic oxidation sites excluding steroid dienone is 12. The summed E-state index contributed by atoms with van der Waals surface area (Å²) in [5.74, 6) is -0.165. The fraction of sp³-hybridized carbons (Fsp3) is 0.812. The highest BCUT2D eigenvalue weighted by Crippen LogP contribution is 2.38. The number of carbonyl (C=O) groups is 1. The number of unbranched alkanes of at least 4 members (excludes halogenated alkanes) is 36. The Morgan fingerprint density at radius 3 is 1.14 bits per heavy atom. The number of amides is 1. The van der Waals surface area contributed by atoms with E-state index in [1.807, 2.05) is 21.1 Å². The minimum absolute atomic E-state index is 0.0102. The van der Waals surface area contributed by atoms with Crippen LogP contribution in [0.5, 0.6) is 0 Å². The van der Waals surface area contributed by atoms with Crippen molar-refractivity contribution in [2.45, 2.75) is 321 Å². The van der Waals surface area contributed by atoms with Gasteiger partial charge in [-0.1, -0.05) is 311 Å². The van der Waals surface area contributed by atoms with E-state index < -0.39 is 20.0 Å². The van der Waals surface area contributed by atoms with Crippen LogP contribution in [-0.4, -0.2) is 68.5 Å². The predicted molar refractivity (Wildman–Crippen MR) is 339 cm³/mol. The van der Waals surface area contributed by atoms with Gasteiger partial charge in [0.25, 0.3) is 7.82 Å². The Bertz CT molecular complexity index is 1500. The molecule has 0 aliphatic rings. The van der Waals surface area contributed by atoms with E-state index in [0.29, 0.717) is 23.9 Å². The smallest absolute Gasteiger partial charge is 0.268 e. The lowest BCUT2D eigenvalue weighted by atomic mass is 10.0. The lowest BCUT2D eigenvalue weighted by molar-refractivity contribution is -0.870. The summed E-state index contributed by atoms with van der Waals surface area (Å²) in [6.45, 7) is 4.64. The molecule has 0 saturated carbocycles. The fourth-order valence-corrected chi connectivity index (χ4v) is 10.5. The summed E-state index contributed by atoms with van der Waals surface area (Å²) >= 11 is 0. The first kappa shape index (κ1) is 75.9. The average molecular weight is 1110 g/mol. The monoisotopic (exact) mass is 1110 g/mol. The predicted octanol–water partition coefficient (Wildman–Crippen LogP) is 20.4. The largest absolute Gasteiger partial charge is 0.756 e. The van der Waals surface area contributed by atoms with Gasteiger partial charge >= 0.3 is 0 Å². The highest BCUT2D eigenvalue weighted by atomic mass is 31.2. The van der Waals surface area contributed by atoms with Crippen LogP contribution in [0, 0.1) is 0 Å². The van der Waals surface area contributed by atoms with Crippen molar-refractivity contribution in [1.82, 2.24) is 5.32 Å². The normalized spacial score (nSPS) is 14.2. The summed E-state index contributed by atoms with van der Waals surface area (Å²) in [6, 6.07) is -0.807. The van der Waals surface area contributed by atoms with Crippen molar-refractivity contribution in [2.75, 3.05) is 40.9 Å². The molecular formula is C69H129N2O6P. The molecule has 0 fully saturated rings. The van der Waals surface area contributed by atoms with Gasteiger partial charge in [-0.15, -0.1) is 0 Å². The summed E-state index contributed by atoms with van der Waals surface area (Å²) in [5.41, 5.74) is 0. The van der Waals surface area contributed by atoms with Gasteiger partial charge in [-0.2, -0.15) is 0 Å². The summed E-state index contributed by atoms with van der Waals surface area (Å²) < 4.78 is 23.5. The first-order chi connectivity index (χ1) is 38.0. The molecule has 456 valence electrons. The van der Waals surface area contributed by atoms with Crippen LogP contribution in [0.4, 0.5) is 0 Å². The summed E-state index contributed by atoms with van der Waals surface area (Å²) in [5, 5.41) is 14.1. The number of nitrogens with one attached hydrogen (secondary N) is 1. The second-order valence-corrected chi connectivity index (χ2v) is 25.2. The minimum atomic E-state index is -4.58. The molecule has 0 radical (unpaired) electrons. The van der Waals surface area contributed by atoms with Crippen LogP contribution in [0.15, 0.2) is 72.9 Å². The maximum Gasteiger partial charge on any atom is 0.268 e. The van der Waals surface area contributed by atoms with E-state index in [1.54, 1.807) is 0 Å². The molecule has 9 heteroatoms. The number of likely N-dealkylation sites (N-methyl/N-ethyl adjacent to an activating group) is 1. The molecule has 0 aromatic heterocycles. The highest BCUT2D eigenvalue weighted by Gasteiger charge is 2.24. The third-order valence-corrected chi connectivity index (χ3v) is 15.9. The van der Waals surface area contributed by atoms with Gasteiger partial charge < -0.3 is 28.8 Å². The average Bonchev–Trinajstić information content (AvgIpc) is 3.41. The standard InChI is InChI=1S/C69H129N2O6P/c1-6-8-10-12-14-16-18-20-22-24-26-28-30-32-33-34-35-36-37-39-41-43-45-47-49-51-53-55-57-59-61-63-69(73)70-67(66-77-78(74,75)76-65-64-71(3,4)5)68(72)62-60-58-56-54-52-50-48-46-44-42-40-38-31-29-27-25-23-21-19-17-15-13-11-9-7-2/h8,10,14,16,20,22,26,28,32-33,35-36,67-68,72H,6-7,9,11-13,15,17-19,21,23-25,27,29-31,34,37-66H2,1-5H3,(H-,70,73,74,75)/b10-8-,16-14-,22-20-,28-26-,33-32-,36-35-. The summed E-state index contributed by atoms with van der Waals surface area (Å²) in [4.78, 5) is 25.6. The Balaban J connectivity index is 4.09. The number of hydrogen-bond acceptors (Lipinski definition) is 6. The van der Waals surface area contributed by atoms with Crippen molar-refractivity contribution in [1.29, 1.82) is 0 Å². The number of phosphoric ester groups is 1. The molecular weight excluding hydrogens is 984 g/mol. The maximum absolute atomic E-state index is 13.0. The molecule has 0 heterocycles. The van der Waals surface area contributed by atoms with Gasteiger partial charge in [0.05, 0.1) is 39.9 Å². The second kappa shape index (κ2) is 59.6. The van der Waals surface area contributed by atoms with Crippen molar-refractivity contribution in [3.63, 3.8) is 0 Å². The molecule has 0 aromatic carbocycles. The zero-order chi connectivity index (χ0) is 57.0. The van der Waals surface area contributed by atoms with Crippen LogP contribution >= 0.6 is 7.82 Å². The molecule has 3 unspecified atom stereocenters. The molecule has 2 N–H and O–H groups in total. The van der Waals surface area contributed by atoms with Gasteiger partial charge in [0, 0.05) is 6.42 Å². The number of carbonyl (C=O) groups excluding carboxylic acids is 1. The van der Waals surface area contributed by atoms with Crippen LogP contribution in [0.1, 0.15) is 309 Å². The van der Waals surface area contributed by atoms with Crippen molar-refractivity contribution in [2.24, 2.45) is 0 Å². The van der Waals surface area contributed by atoms with Gasteiger partial charge in [0.2, 0.25) is 5.91 Å². The summed E-state index contributed by atoms with van der Waals surface area (Å²) in [6.07, 6.45) is 82.4. The van der Waals surface area contributed by atoms with Crippen LogP contribution in [0.25, 0.3) is 0 Å². The Morgan fingerprint density at radius 1 is 0.462 bits per heavy atom. The number of quaternary nitrogens is 1. The SMILES string of the molecule is CC/C=C\C/C=C\C/C=C\C/C=C\C/C=C\C/C=C\CCCCCCCCCCCCCCC(=O)NC(COP(=O)([O-])OCC[N+](C)(C)C)C(O)CCCCCCCCCCCCCCCCCCCCCCCCCCC.